The Kier molecular flexibility index (Phi) is 2.13. The van der Waals surface area contributed by atoms with E-state index in [0.29, 0.717) is 11.5 Å². The Labute approximate surface area is 84.9 Å². The van der Waals surface area contributed by atoms with Crippen molar-refractivity contribution in [3.63, 3.8) is 0 Å². The van der Waals surface area contributed by atoms with Gasteiger partial charge in [-0.25, -0.2) is 9.78 Å². The average Bonchev–Trinajstić information content (AvgIpc) is 2.84. The summed E-state index contributed by atoms with van der Waals surface area (Å²) in [7, 11) is 1.30. The summed E-state index contributed by atoms with van der Waals surface area (Å²) in [5.41, 5.74) is 6.46. The summed E-state index contributed by atoms with van der Waals surface area (Å²) in [6.45, 7) is 0. The number of esters is 1. The molecule has 0 fully saturated rings. The molecule has 0 aliphatic heterocycles. The van der Waals surface area contributed by atoms with Gasteiger partial charge in [-0.1, -0.05) is 0 Å². The van der Waals surface area contributed by atoms with Gasteiger partial charge in [-0.3, -0.25) is 5.10 Å². The van der Waals surface area contributed by atoms with Crippen LogP contribution in [0.4, 0.5) is 5.82 Å². The lowest BCUT2D eigenvalue weighted by Crippen LogP contribution is -2.01. The molecule has 2 aromatic heterocycles. The van der Waals surface area contributed by atoms with E-state index in [1.165, 1.54) is 25.8 Å². The zero-order chi connectivity index (χ0) is 10.8. The first-order valence-electron chi connectivity index (χ1n) is 4.14. The number of H-pyrrole nitrogens is 1. The number of ether oxygens (including phenoxy) is 1. The normalized spacial score (nSPS) is 10.2. The van der Waals surface area contributed by atoms with E-state index in [2.05, 4.69) is 19.9 Å². The van der Waals surface area contributed by atoms with Gasteiger partial charge in [0.15, 0.2) is 5.69 Å². The largest absolute Gasteiger partial charge is 0.464 e. The first kappa shape index (κ1) is 9.25. The molecule has 0 atom stereocenters. The number of methoxy groups -OCH3 is 1. The molecule has 15 heavy (non-hydrogen) atoms. The van der Waals surface area contributed by atoms with Crippen LogP contribution in [0.5, 0.6) is 0 Å². The molecule has 0 radical (unpaired) electrons. The number of rotatable bonds is 2. The predicted molar refractivity (Wildman–Crippen MR) is 51.5 cm³/mol. The SMILES string of the molecule is COC(=O)c1cn(-c2cn[nH]c2N)cn1. The van der Waals surface area contributed by atoms with Gasteiger partial charge in [0.05, 0.1) is 13.3 Å². The quantitative estimate of drug-likeness (QED) is 0.673. The van der Waals surface area contributed by atoms with Gasteiger partial charge in [0.2, 0.25) is 0 Å². The van der Waals surface area contributed by atoms with Crippen molar-refractivity contribution in [2.24, 2.45) is 0 Å². The molecule has 2 rings (SSSR count). The van der Waals surface area contributed by atoms with E-state index < -0.39 is 5.97 Å². The van der Waals surface area contributed by atoms with Crippen LogP contribution in [-0.2, 0) is 4.74 Å². The highest BCUT2D eigenvalue weighted by Gasteiger charge is 2.11. The fraction of sp³-hybridized carbons (Fsp3) is 0.125. The summed E-state index contributed by atoms with van der Waals surface area (Å²) in [5, 5.41) is 6.34. The van der Waals surface area contributed by atoms with Crippen LogP contribution in [0, 0.1) is 0 Å². The topological polar surface area (TPSA) is 98.8 Å². The molecule has 7 heteroatoms. The maximum absolute atomic E-state index is 11.1. The number of aromatic amines is 1. The van der Waals surface area contributed by atoms with Crippen LogP contribution in [-0.4, -0.2) is 32.8 Å². The van der Waals surface area contributed by atoms with Gasteiger partial charge in [-0.15, -0.1) is 0 Å². The van der Waals surface area contributed by atoms with Crippen molar-refractivity contribution < 1.29 is 9.53 Å². The third-order valence-electron chi connectivity index (χ3n) is 1.90. The van der Waals surface area contributed by atoms with Crippen molar-refractivity contribution in [1.82, 2.24) is 19.7 Å². The van der Waals surface area contributed by atoms with Gasteiger partial charge >= 0.3 is 5.97 Å². The van der Waals surface area contributed by atoms with Gasteiger partial charge in [-0.05, 0) is 0 Å². The van der Waals surface area contributed by atoms with Crippen LogP contribution in [0.3, 0.4) is 0 Å². The number of hydrogen-bond donors (Lipinski definition) is 2. The predicted octanol–water partition coefficient (Wildman–Crippen LogP) is -0.0358. The smallest absolute Gasteiger partial charge is 0.358 e. The minimum Gasteiger partial charge on any atom is -0.464 e. The number of nitrogens with zero attached hydrogens (tertiary/aromatic N) is 3. The van der Waals surface area contributed by atoms with Crippen molar-refractivity contribution in [3.8, 4) is 5.69 Å². The number of carbonyl (C=O) groups is 1. The zero-order valence-corrected chi connectivity index (χ0v) is 7.97. The molecule has 78 valence electrons. The van der Waals surface area contributed by atoms with Gasteiger partial charge in [0.1, 0.15) is 17.8 Å². The second-order valence-electron chi connectivity index (χ2n) is 2.83. The molecule has 0 saturated carbocycles. The summed E-state index contributed by atoms with van der Waals surface area (Å²) in [6.07, 6.45) is 4.53. The van der Waals surface area contributed by atoms with Crippen LogP contribution in [0.1, 0.15) is 10.5 Å². The van der Waals surface area contributed by atoms with Crippen LogP contribution in [0.25, 0.3) is 5.69 Å². The van der Waals surface area contributed by atoms with Crippen molar-refractivity contribution in [2.75, 3.05) is 12.8 Å². The number of imidazole rings is 1. The fourth-order valence-electron chi connectivity index (χ4n) is 1.16. The van der Waals surface area contributed by atoms with Gasteiger partial charge in [0.25, 0.3) is 0 Å². The van der Waals surface area contributed by atoms with E-state index >= 15 is 0 Å². The number of carbonyl (C=O) groups excluding carboxylic acids is 1. The maximum atomic E-state index is 11.1. The molecular formula is C8H9N5O2. The van der Waals surface area contributed by atoms with E-state index in [0.717, 1.165) is 0 Å². The summed E-state index contributed by atoms with van der Waals surface area (Å²) in [6, 6.07) is 0. The molecule has 2 heterocycles. The van der Waals surface area contributed by atoms with Crippen molar-refractivity contribution in [1.29, 1.82) is 0 Å². The second-order valence-corrected chi connectivity index (χ2v) is 2.83. The number of aromatic nitrogens is 4. The molecule has 3 N–H and O–H groups in total. The van der Waals surface area contributed by atoms with Gasteiger partial charge in [0, 0.05) is 6.20 Å². The third kappa shape index (κ3) is 1.54. The Morgan fingerprint density at radius 1 is 1.67 bits per heavy atom. The molecule has 0 aliphatic rings. The highest BCUT2D eigenvalue weighted by atomic mass is 16.5. The molecule has 0 aliphatic carbocycles. The molecule has 0 bridgehead atoms. The fourth-order valence-corrected chi connectivity index (χ4v) is 1.16. The minimum atomic E-state index is -0.490. The van der Waals surface area contributed by atoms with E-state index in [4.69, 9.17) is 5.73 Å². The highest BCUT2D eigenvalue weighted by molar-refractivity contribution is 5.86. The number of anilines is 1. The molecule has 2 aromatic rings. The summed E-state index contributed by atoms with van der Waals surface area (Å²) >= 11 is 0. The van der Waals surface area contributed by atoms with Crippen molar-refractivity contribution in [3.05, 3.63) is 24.4 Å². The Balaban J connectivity index is 2.36. The van der Waals surface area contributed by atoms with Crippen LogP contribution < -0.4 is 5.73 Å². The molecule has 0 spiro atoms. The molecule has 0 amide bonds. The van der Waals surface area contributed by atoms with Crippen LogP contribution >= 0.6 is 0 Å². The van der Waals surface area contributed by atoms with Gasteiger partial charge < -0.3 is 15.0 Å². The van der Waals surface area contributed by atoms with Crippen molar-refractivity contribution in [2.45, 2.75) is 0 Å². The first-order valence-corrected chi connectivity index (χ1v) is 4.14. The molecule has 7 nitrogen and oxygen atoms in total. The average molecular weight is 207 g/mol. The monoisotopic (exact) mass is 207 g/mol. The third-order valence-corrected chi connectivity index (χ3v) is 1.90. The minimum absolute atomic E-state index is 0.220. The van der Waals surface area contributed by atoms with E-state index in [-0.39, 0.29) is 5.69 Å². The van der Waals surface area contributed by atoms with E-state index in [9.17, 15) is 4.79 Å². The Morgan fingerprint density at radius 3 is 3.07 bits per heavy atom. The number of nitrogens with two attached hydrogens (primary N) is 1. The highest BCUT2D eigenvalue weighted by Crippen LogP contribution is 2.13. The van der Waals surface area contributed by atoms with Crippen LogP contribution in [0.2, 0.25) is 0 Å². The number of nitrogens with one attached hydrogen (secondary N) is 1. The Hall–Kier alpha value is -2.31. The summed E-state index contributed by atoms with van der Waals surface area (Å²) < 4.78 is 6.12. The Morgan fingerprint density at radius 2 is 2.47 bits per heavy atom. The lowest BCUT2D eigenvalue weighted by atomic mass is 10.4. The molecule has 0 unspecified atom stereocenters. The van der Waals surface area contributed by atoms with Gasteiger partial charge in [-0.2, -0.15) is 5.10 Å². The summed E-state index contributed by atoms with van der Waals surface area (Å²) in [4.78, 5) is 15.0. The Bertz CT molecular complexity index is 487. The van der Waals surface area contributed by atoms with Crippen LogP contribution in [0.15, 0.2) is 18.7 Å². The second kappa shape index (κ2) is 3.45. The van der Waals surface area contributed by atoms with E-state index in [1.54, 1.807) is 4.57 Å². The molecular weight excluding hydrogens is 198 g/mol. The van der Waals surface area contributed by atoms with Crippen molar-refractivity contribution >= 4 is 11.8 Å². The first-order chi connectivity index (χ1) is 7.22. The molecule has 0 saturated heterocycles. The lowest BCUT2D eigenvalue weighted by molar-refractivity contribution is 0.0594. The zero-order valence-electron chi connectivity index (χ0n) is 7.97. The maximum Gasteiger partial charge on any atom is 0.358 e. The number of hydrogen-bond acceptors (Lipinski definition) is 5. The lowest BCUT2D eigenvalue weighted by Gasteiger charge is -1.97. The standard InChI is InChI=1S/C8H9N5O2/c1-15-8(14)5-3-13(4-10-5)6-2-11-12-7(6)9/h2-4H,1H3,(H3,9,11,12). The van der Waals surface area contributed by atoms with E-state index in [1.807, 2.05) is 0 Å². The molecule has 0 aromatic carbocycles. The number of nitrogen functional groups attached to an aromatic ring is 1. The summed E-state index contributed by atoms with van der Waals surface area (Å²) in [5.74, 6) is -0.0837.